The van der Waals surface area contributed by atoms with Crippen LogP contribution in [0.5, 0.6) is 0 Å². The molecule has 18 heavy (non-hydrogen) atoms. The molecular weight excluding hydrogens is 222 g/mol. The van der Waals surface area contributed by atoms with E-state index in [-0.39, 0.29) is 5.78 Å². The van der Waals surface area contributed by atoms with Crippen LogP contribution < -0.4 is 0 Å². The van der Waals surface area contributed by atoms with Crippen LogP contribution in [-0.4, -0.2) is 10.8 Å². The molecule has 0 N–H and O–H groups in total. The maximum absolute atomic E-state index is 12.0. The first-order chi connectivity index (χ1) is 8.77. The van der Waals surface area contributed by atoms with Crippen molar-refractivity contribution in [1.29, 1.82) is 0 Å². The van der Waals surface area contributed by atoms with Crippen LogP contribution in [-0.2, 0) is 6.42 Å². The summed E-state index contributed by atoms with van der Waals surface area (Å²) in [6, 6.07) is 12.1. The van der Waals surface area contributed by atoms with E-state index in [0.29, 0.717) is 6.42 Å². The van der Waals surface area contributed by atoms with Gasteiger partial charge in [-0.15, -0.1) is 0 Å². The van der Waals surface area contributed by atoms with Gasteiger partial charge in [0.2, 0.25) is 0 Å². The average molecular weight is 239 g/mol. The van der Waals surface area contributed by atoms with Gasteiger partial charge in [-0.25, -0.2) is 0 Å². The van der Waals surface area contributed by atoms with Crippen molar-refractivity contribution in [1.82, 2.24) is 4.98 Å². The second kappa shape index (κ2) is 6.10. The van der Waals surface area contributed by atoms with Gasteiger partial charge in [0, 0.05) is 24.4 Å². The van der Waals surface area contributed by atoms with Crippen LogP contribution in [0, 0.1) is 6.92 Å². The van der Waals surface area contributed by atoms with E-state index in [1.54, 1.807) is 18.5 Å². The number of carbonyl (C=O) groups is 1. The first kappa shape index (κ1) is 12.5. The molecule has 2 rings (SSSR count). The third-order valence-electron chi connectivity index (χ3n) is 3.03. The Morgan fingerprint density at radius 1 is 1.17 bits per heavy atom. The average Bonchev–Trinajstić information content (AvgIpc) is 2.40. The summed E-state index contributed by atoms with van der Waals surface area (Å²) in [5.74, 6) is 0.214. The Balaban J connectivity index is 1.88. The molecule has 0 saturated carbocycles. The minimum atomic E-state index is 0.214. The van der Waals surface area contributed by atoms with E-state index < -0.39 is 0 Å². The summed E-state index contributed by atoms with van der Waals surface area (Å²) in [7, 11) is 0. The number of Topliss-reactive ketones (excluding diaryl/α,β-unsaturated/α-hetero) is 1. The van der Waals surface area contributed by atoms with Crippen LogP contribution in [0.3, 0.4) is 0 Å². The lowest BCUT2D eigenvalue weighted by molar-refractivity contribution is 0.0979. The highest BCUT2D eigenvalue weighted by Gasteiger charge is 2.08. The minimum Gasteiger partial charge on any atom is -0.294 e. The van der Waals surface area contributed by atoms with E-state index in [1.165, 1.54) is 5.56 Å². The Labute approximate surface area is 108 Å². The number of hydrogen-bond acceptors (Lipinski definition) is 2. The van der Waals surface area contributed by atoms with Crippen molar-refractivity contribution in [3.63, 3.8) is 0 Å². The van der Waals surface area contributed by atoms with Crippen LogP contribution in [0.15, 0.2) is 48.8 Å². The minimum absolute atomic E-state index is 0.214. The first-order valence-corrected chi connectivity index (χ1v) is 6.25. The fourth-order valence-corrected chi connectivity index (χ4v) is 2.02. The number of aromatic nitrogens is 1. The summed E-state index contributed by atoms with van der Waals surface area (Å²) in [6.45, 7) is 1.93. The molecule has 0 spiro atoms. The maximum Gasteiger partial charge on any atom is 0.163 e. The molecule has 0 fully saturated rings. The number of nitrogens with zero attached hydrogens (tertiary/aromatic N) is 1. The number of ketones is 1. The predicted molar refractivity (Wildman–Crippen MR) is 72.7 cm³/mol. The zero-order valence-corrected chi connectivity index (χ0v) is 10.6. The van der Waals surface area contributed by atoms with Gasteiger partial charge >= 0.3 is 0 Å². The molecule has 0 atom stereocenters. The van der Waals surface area contributed by atoms with Gasteiger partial charge < -0.3 is 0 Å². The number of aryl methyl sites for hydroxylation is 2. The smallest absolute Gasteiger partial charge is 0.163 e. The number of rotatable bonds is 5. The van der Waals surface area contributed by atoms with Gasteiger partial charge in [-0.3, -0.25) is 9.78 Å². The Morgan fingerprint density at radius 2 is 1.94 bits per heavy atom. The summed E-state index contributed by atoms with van der Waals surface area (Å²) in [5.41, 5.74) is 3.05. The molecule has 0 aliphatic carbocycles. The summed E-state index contributed by atoms with van der Waals surface area (Å²) in [6.07, 6.45) is 5.86. The molecular formula is C16H17NO. The second-order valence-electron chi connectivity index (χ2n) is 4.45. The third kappa shape index (κ3) is 3.27. The lowest BCUT2D eigenvalue weighted by atomic mass is 10.0. The Bertz CT molecular complexity index is 520. The molecule has 2 aromatic rings. The summed E-state index contributed by atoms with van der Waals surface area (Å²) < 4.78 is 0. The molecule has 0 saturated heterocycles. The zero-order chi connectivity index (χ0) is 12.8. The van der Waals surface area contributed by atoms with Crippen LogP contribution in [0.4, 0.5) is 0 Å². The molecule has 0 bridgehead atoms. The highest BCUT2D eigenvalue weighted by atomic mass is 16.1. The summed E-state index contributed by atoms with van der Waals surface area (Å²) >= 11 is 0. The molecule has 1 aromatic heterocycles. The zero-order valence-electron chi connectivity index (χ0n) is 10.6. The van der Waals surface area contributed by atoms with Crippen molar-refractivity contribution in [2.24, 2.45) is 0 Å². The van der Waals surface area contributed by atoms with Crippen molar-refractivity contribution in [2.45, 2.75) is 26.2 Å². The molecule has 1 heterocycles. The van der Waals surface area contributed by atoms with Crippen molar-refractivity contribution < 1.29 is 4.79 Å². The molecule has 0 amide bonds. The number of pyridine rings is 1. The van der Waals surface area contributed by atoms with E-state index in [2.05, 4.69) is 17.1 Å². The second-order valence-corrected chi connectivity index (χ2v) is 4.45. The van der Waals surface area contributed by atoms with Gasteiger partial charge in [0.1, 0.15) is 0 Å². The topological polar surface area (TPSA) is 30.0 Å². The summed E-state index contributed by atoms with van der Waals surface area (Å²) in [4.78, 5) is 16.0. The van der Waals surface area contributed by atoms with Crippen LogP contribution in [0.25, 0.3) is 0 Å². The monoisotopic (exact) mass is 239 g/mol. The number of hydrogen-bond donors (Lipinski definition) is 0. The highest BCUT2D eigenvalue weighted by molar-refractivity contribution is 5.97. The Morgan fingerprint density at radius 3 is 2.67 bits per heavy atom. The van der Waals surface area contributed by atoms with Crippen LogP contribution >= 0.6 is 0 Å². The molecule has 0 aliphatic heterocycles. The van der Waals surface area contributed by atoms with E-state index in [9.17, 15) is 4.79 Å². The molecule has 2 nitrogen and oxygen atoms in total. The SMILES string of the molecule is Cc1cnccc1C(=O)CCCc1ccccc1. The lowest BCUT2D eigenvalue weighted by Gasteiger charge is -2.04. The van der Waals surface area contributed by atoms with E-state index in [1.807, 2.05) is 25.1 Å². The van der Waals surface area contributed by atoms with E-state index >= 15 is 0 Å². The molecule has 92 valence electrons. The van der Waals surface area contributed by atoms with Gasteiger partial charge in [-0.05, 0) is 37.0 Å². The molecule has 0 aliphatic rings. The fourth-order valence-electron chi connectivity index (χ4n) is 2.02. The highest BCUT2D eigenvalue weighted by Crippen LogP contribution is 2.11. The number of carbonyl (C=O) groups excluding carboxylic acids is 1. The first-order valence-electron chi connectivity index (χ1n) is 6.25. The van der Waals surface area contributed by atoms with E-state index in [4.69, 9.17) is 0 Å². The van der Waals surface area contributed by atoms with E-state index in [0.717, 1.165) is 24.0 Å². The maximum atomic E-state index is 12.0. The fraction of sp³-hybridized carbons (Fsp3) is 0.250. The van der Waals surface area contributed by atoms with Gasteiger partial charge in [0.15, 0.2) is 5.78 Å². The van der Waals surface area contributed by atoms with Gasteiger partial charge in [-0.1, -0.05) is 30.3 Å². The van der Waals surface area contributed by atoms with Gasteiger partial charge in [0.25, 0.3) is 0 Å². The standard InChI is InChI=1S/C16H17NO/c1-13-12-17-11-10-15(13)16(18)9-5-8-14-6-3-2-4-7-14/h2-4,6-7,10-12H,5,8-9H2,1H3. The van der Waals surface area contributed by atoms with Gasteiger partial charge in [0.05, 0.1) is 0 Å². The van der Waals surface area contributed by atoms with Gasteiger partial charge in [-0.2, -0.15) is 0 Å². The Kier molecular flexibility index (Phi) is 4.24. The third-order valence-corrected chi connectivity index (χ3v) is 3.03. The van der Waals surface area contributed by atoms with Crippen molar-refractivity contribution >= 4 is 5.78 Å². The predicted octanol–water partition coefficient (Wildman–Crippen LogP) is 3.60. The lowest BCUT2D eigenvalue weighted by Crippen LogP contribution is -2.02. The Hall–Kier alpha value is -1.96. The number of benzene rings is 1. The van der Waals surface area contributed by atoms with Crippen molar-refractivity contribution in [2.75, 3.05) is 0 Å². The van der Waals surface area contributed by atoms with Crippen LogP contribution in [0.2, 0.25) is 0 Å². The van der Waals surface area contributed by atoms with Crippen molar-refractivity contribution in [3.8, 4) is 0 Å². The van der Waals surface area contributed by atoms with Crippen molar-refractivity contribution in [3.05, 3.63) is 65.5 Å². The summed E-state index contributed by atoms with van der Waals surface area (Å²) in [5, 5.41) is 0. The molecule has 0 radical (unpaired) electrons. The molecule has 0 unspecified atom stereocenters. The molecule has 2 heteroatoms. The molecule has 1 aromatic carbocycles. The largest absolute Gasteiger partial charge is 0.294 e. The quantitative estimate of drug-likeness (QED) is 0.746. The van der Waals surface area contributed by atoms with Crippen LogP contribution in [0.1, 0.15) is 34.3 Å². The normalized spacial score (nSPS) is 10.3.